The molecule has 1 aromatic rings. The first-order valence-electron chi connectivity index (χ1n) is 7.44. The molecule has 1 N–H and O–H groups in total. The van der Waals surface area contributed by atoms with Gasteiger partial charge in [-0.25, -0.2) is 0 Å². The number of benzene rings is 1. The third-order valence-electron chi connectivity index (χ3n) is 3.39. The first-order valence-corrected chi connectivity index (χ1v) is 8.23. The van der Waals surface area contributed by atoms with E-state index in [-0.39, 0.29) is 0 Å². The smallest absolute Gasteiger partial charge is 0.124 e. The summed E-state index contributed by atoms with van der Waals surface area (Å²) in [5.41, 5.74) is 1.61. The molecule has 0 aliphatic rings. The molecule has 0 heterocycles. The van der Waals surface area contributed by atoms with Crippen LogP contribution in [0.25, 0.3) is 0 Å². The lowest BCUT2D eigenvalue weighted by molar-refractivity contribution is 0.326. The zero-order valence-corrected chi connectivity index (χ0v) is 15.0. The summed E-state index contributed by atoms with van der Waals surface area (Å²) < 4.78 is 6.61. The van der Waals surface area contributed by atoms with Crippen LogP contribution in [0.3, 0.4) is 0 Å². The lowest BCUT2D eigenvalue weighted by atomic mass is 9.87. The van der Waals surface area contributed by atoms with Gasteiger partial charge in [-0.2, -0.15) is 0 Å². The number of nitrogens with one attached hydrogen (secondary N) is 1. The predicted molar refractivity (Wildman–Crippen MR) is 90.4 cm³/mol. The molecule has 0 spiro atoms. The molecular weight excluding hydrogens is 314 g/mol. The van der Waals surface area contributed by atoms with Gasteiger partial charge in [0.1, 0.15) is 5.75 Å². The van der Waals surface area contributed by atoms with E-state index in [1.54, 1.807) is 7.11 Å². The molecule has 0 saturated heterocycles. The highest BCUT2D eigenvalue weighted by atomic mass is 79.9. The molecule has 1 aromatic carbocycles. The topological polar surface area (TPSA) is 21.3 Å². The maximum atomic E-state index is 5.55. The van der Waals surface area contributed by atoms with Crippen molar-refractivity contribution in [2.45, 2.75) is 53.0 Å². The van der Waals surface area contributed by atoms with E-state index >= 15 is 0 Å². The fraction of sp³-hybridized carbons (Fsp3) is 0.647. The maximum Gasteiger partial charge on any atom is 0.124 e. The summed E-state index contributed by atoms with van der Waals surface area (Å²) in [5.74, 6) is 0.960. The van der Waals surface area contributed by atoms with E-state index in [0.29, 0.717) is 11.5 Å². The van der Waals surface area contributed by atoms with Crippen LogP contribution in [0.4, 0.5) is 0 Å². The molecule has 0 aromatic heterocycles. The molecule has 0 radical (unpaired) electrons. The van der Waals surface area contributed by atoms with Gasteiger partial charge < -0.3 is 10.1 Å². The molecule has 1 rings (SSSR count). The Balaban J connectivity index is 2.91. The summed E-state index contributed by atoms with van der Waals surface area (Å²) in [6.07, 6.45) is 3.46. The Labute approximate surface area is 132 Å². The Hall–Kier alpha value is -0.540. The van der Waals surface area contributed by atoms with Crippen molar-refractivity contribution in [2.75, 3.05) is 13.7 Å². The molecule has 1 atom stereocenters. The van der Waals surface area contributed by atoms with Crippen LogP contribution in [0.5, 0.6) is 5.75 Å². The van der Waals surface area contributed by atoms with Crippen molar-refractivity contribution < 1.29 is 4.74 Å². The van der Waals surface area contributed by atoms with Crippen LogP contribution in [-0.2, 0) is 0 Å². The van der Waals surface area contributed by atoms with E-state index in [2.05, 4.69) is 61.1 Å². The second kappa shape index (κ2) is 8.04. The van der Waals surface area contributed by atoms with E-state index in [9.17, 15) is 0 Å². The van der Waals surface area contributed by atoms with Gasteiger partial charge in [-0.3, -0.25) is 0 Å². The molecule has 0 aliphatic heterocycles. The van der Waals surface area contributed by atoms with Gasteiger partial charge in [0.25, 0.3) is 0 Å². The standard InChI is InChI=1S/C17H28BrNO/c1-6-11-19-15(9-10-17(2,3)4)14-8-7-13(18)12-16(14)20-5/h7-8,12,15,19H,6,9-11H2,1-5H3. The van der Waals surface area contributed by atoms with Crippen molar-refractivity contribution in [1.82, 2.24) is 5.32 Å². The molecule has 3 heteroatoms. The number of hydrogen-bond acceptors (Lipinski definition) is 2. The van der Waals surface area contributed by atoms with Crippen LogP contribution < -0.4 is 10.1 Å². The number of methoxy groups -OCH3 is 1. The van der Waals surface area contributed by atoms with Crippen molar-refractivity contribution in [3.05, 3.63) is 28.2 Å². The minimum atomic E-state index is 0.356. The summed E-state index contributed by atoms with van der Waals surface area (Å²) >= 11 is 3.51. The number of rotatable bonds is 7. The molecule has 0 amide bonds. The van der Waals surface area contributed by atoms with Gasteiger partial charge in [0.05, 0.1) is 7.11 Å². The van der Waals surface area contributed by atoms with Gasteiger partial charge in [-0.05, 0) is 43.4 Å². The monoisotopic (exact) mass is 341 g/mol. The lowest BCUT2D eigenvalue weighted by Gasteiger charge is -2.25. The van der Waals surface area contributed by atoms with E-state index in [1.807, 2.05) is 6.07 Å². The zero-order valence-electron chi connectivity index (χ0n) is 13.4. The van der Waals surface area contributed by atoms with Crippen LogP contribution in [0, 0.1) is 5.41 Å². The molecule has 0 saturated carbocycles. The van der Waals surface area contributed by atoms with Gasteiger partial charge in [-0.1, -0.05) is 49.7 Å². The van der Waals surface area contributed by atoms with Gasteiger partial charge in [0, 0.05) is 16.1 Å². The van der Waals surface area contributed by atoms with E-state index in [1.165, 1.54) is 12.0 Å². The summed E-state index contributed by atoms with van der Waals surface area (Å²) in [5, 5.41) is 3.66. The first-order chi connectivity index (χ1) is 9.37. The fourth-order valence-corrected chi connectivity index (χ4v) is 2.58. The van der Waals surface area contributed by atoms with Gasteiger partial charge in [-0.15, -0.1) is 0 Å². The molecule has 0 fully saturated rings. The average molecular weight is 342 g/mol. The maximum absolute atomic E-state index is 5.55. The Morgan fingerprint density at radius 3 is 2.55 bits per heavy atom. The second-order valence-corrected chi connectivity index (χ2v) is 7.41. The molecular formula is C17H28BrNO. The Morgan fingerprint density at radius 1 is 1.30 bits per heavy atom. The lowest BCUT2D eigenvalue weighted by Crippen LogP contribution is -2.24. The summed E-state index contributed by atoms with van der Waals surface area (Å²) in [6.45, 7) is 10.1. The van der Waals surface area contributed by atoms with Crippen LogP contribution in [-0.4, -0.2) is 13.7 Å². The fourth-order valence-electron chi connectivity index (χ4n) is 2.24. The minimum absolute atomic E-state index is 0.356. The van der Waals surface area contributed by atoms with E-state index in [0.717, 1.165) is 29.6 Å². The Bertz CT molecular complexity index is 412. The van der Waals surface area contributed by atoms with Crippen molar-refractivity contribution in [3.8, 4) is 5.75 Å². The number of ether oxygens (including phenoxy) is 1. The van der Waals surface area contributed by atoms with Crippen molar-refractivity contribution in [1.29, 1.82) is 0 Å². The Morgan fingerprint density at radius 2 is 2.00 bits per heavy atom. The van der Waals surface area contributed by atoms with Gasteiger partial charge in [0.2, 0.25) is 0 Å². The predicted octanol–water partition coefficient (Wildman–Crippen LogP) is 5.32. The van der Waals surface area contributed by atoms with Crippen LogP contribution >= 0.6 is 15.9 Å². The van der Waals surface area contributed by atoms with Gasteiger partial charge >= 0.3 is 0 Å². The molecule has 20 heavy (non-hydrogen) atoms. The number of hydrogen-bond donors (Lipinski definition) is 1. The molecule has 0 bridgehead atoms. The third-order valence-corrected chi connectivity index (χ3v) is 3.89. The Kier molecular flexibility index (Phi) is 7.04. The van der Waals surface area contributed by atoms with Crippen LogP contribution in [0.15, 0.2) is 22.7 Å². The molecule has 0 aliphatic carbocycles. The van der Waals surface area contributed by atoms with Gasteiger partial charge in [0.15, 0.2) is 0 Å². The molecule has 114 valence electrons. The molecule has 1 unspecified atom stereocenters. The highest BCUT2D eigenvalue weighted by Gasteiger charge is 2.19. The van der Waals surface area contributed by atoms with Crippen molar-refractivity contribution in [2.24, 2.45) is 5.41 Å². The summed E-state index contributed by atoms with van der Waals surface area (Å²) in [7, 11) is 1.74. The average Bonchev–Trinajstić information content (AvgIpc) is 2.38. The summed E-state index contributed by atoms with van der Waals surface area (Å²) in [6, 6.07) is 6.67. The second-order valence-electron chi connectivity index (χ2n) is 6.49. The third kappa shape index (κ3) is 5.84. The molecule has 2 nitrogen and oxygen atoms in total. The minimum Gasteiger partial charge on any atom is -0.496 e. The van der Waals surface area contributed by atoms with E-state index < -0.39 is 0 Å². The zero-order chi connectivity index (χ0) is 15.2. The van der Waals surface area contributed by atoms with Crippen LogP contribution in [0.2, 0.25) is 0 Å². The van der Waals surface area contributed by atoms with E-state index in [4.69, 9.17) is 4.74 Å². The largest absolute Gasteiger partial charge is 0.496 e. The normalized spacial score (nSPS) is 13.3. The highest BCUT2D eigenvalue weighted by molar-refractivity contribution is 9.10. The van der Waals surface area contributed by atoms with Crippen molar-refractivity contribution in [3.63, 3.8) is 0 Å². The quantitative estimate of drug-likeness (QED) is 0.724. The van der Waals surface area contributed by atoms with Crippen LogP contribution in [0.1, 0.15) is 58.6 Å². The SMILES string of the molecule is CCCNC(CCC(C)(C)C)c1ccc(Br)cc1OC. The van der Waals surface area contributed by atoms with Crippen molar-refractivity contribution >= 4 is 15.9 Å². The summed E-state index contributed by atoms with van der Waals surface area (Å²) in [4.78, 5) is 0. The number of halogens is 1. The first kappa shape index (κ1) is 17.5. The highest BCUT2D eigenvalue weighted by Crippen LogP contribution is 2.33.